The summed E-state index contributed by atoms with van der Waals surface area (Å²) in [6, 6.07) is 2.79. The monoisotopic (exact) mass is 439 g/mol. The first-order valence-corrected chi connectivity index (χ1v) is 10.5. The number of alkyl carbamates (subject to hydrolysis) is 1. The molecule has 2 atom stereocenters. The van der Waals surface area contributed by atoms with Gasteiger partial charge in [-0.15, -0.1) is 0 Å². The molecule has 0 radical (unpaired) electrons. The number of carbonyl (C=O) groups excluding carboxylic acids is 2. The maximum atomic E-state index is 11.9. The molecule has 2 amide bonds. The number of hydrogen-bond acceptors (Lipinski definition) is 7. The van der Waals surface area contributed by atoms with Gasteiger partial charge >= 0.3 is 6.09 Å². The minimum Gasteiger partial charge on any atom is -0.493 e. The van der Waals surface area contributed by atoms with Crippen molar-refractivity contribution in [1.82, 2.24) is 10.6 Å². The van der Waals surface area contributed by atoms with Crippen molar-refractivity contribution in [3.8, 4) is 11.5 Å². The van der Waals surface area contributed by atoms with Crippen molar-refractivity contribution in [2.24, 2.45) is 0 Å². The maximum absolute atomic E-state index is 11.9. The van der Waals surface area contributed by atoms with Crippen LogP contribution in [0.25, 0.3) is 0 Å². The Morgan fingerprint density at radius 3 is 2.48 bits per heavy atom. The van der Waals surface area contributed by atoms with Crippen molar-refractivity contribution in [1.29, 1.82) is 0 Å². The van der Waals surface area contributed by atoms with Gasteiger partial charge in [-0.3, -0.25) is 14.9 Å². The van der Waals surface area contributed by atoms with Crippen LogP contribution in [0.3, 0.4) is 0 Å². The molecule has 0 fully saturated rings. The number of amides is 2. The molecule has 0 heterocycles. The fourth-order valence-electron chi connectivity index (χ4n) is 3.00. The highest BCUT2D eigenvalue weighted by Gasteiger charge is 2.26. The number of ether oxygens (including phenoxy) is 3. The highest BCUT2D eigenvalue weighted by Crippen LogP contribution is 2.38. The van der Waals surface area contributed by atoms with Crippen LogP contribution in [-0.4, -0.2) is 43.2 Å². The van der Waals surface area contributed by atoms with E-state index < -0.39 is 17.1 Å². The van der Waals surface area contributed by atoms with Gasteiger partial charge in [0.1, 0.15) is 6.10 Å². The van der Waals surface area contributed by atoms with E-state index in [1.165, 1.54) is 26.2 Å². The third kappa shape index (κ3) is 8.69. The molecule has 0 spiro atoms. The zero-order chi connectivity index (χ0) is 23.4. The molecule has 0 aromatic heterocycles. The molecule has 0 aliphatic heterocycles. The van der Waals surface area contributed by atoms with Gasteiger partial charge < -0.3 is 24.8 Å². The number of nitrogens with zero attached hydrogens (tertiary/aromatic N) is 1. The van der Waals surface area contributed by atoms with E-state index in [0.29, 0.717) is 13.0 Å². The van der Waals surface area contributed by atoms with Gasteiger partial charge in [0.15, 0.2) is 11.5 Å². The summed E-state index contributed by atoms with van der Waals surface area (Å²) in [5.41, 5.74) is -0.0662. The maximum Gasteiger partial charge on any atom is 0.407 e. The van der Waals surface area contributed by atoms with Crippen LogP contribution < -0.4 is 20.1 Å². The standard InChI is InChI=1S/C21H33N3O7/c1-6-9-14(3)23-20(25)10-8-11-30-19-13-17(24(27)28)16(12-18(19)29-5)15(4)31-21(26)22-7-2/h12-15H,6-11H2,1-5H3,(H,22,26)(H,23,25). The lowest BCUT2D eigenvalue weighted by Gasteiger charge is -2.17. The summed E-state index contributed by atoms with van der Waals surface area (Å²) in [7, 11) is 1.41. The number of nitro groups is 1. The van der Waals surface area contributed by atoms with E-state index in [0.717, 1.165) is 12.8 Å². The topological polar surface area (TPSA) is 129 Å². The Kier molecular flexibility index (Phi) is 11.2. The Morgan fingerprint density at radius 1 is 1.19 bits per heavy atom. The average molecular weight is 440 g/mol. The van der Waals surface area contributed by atoms with E-state index in [9.17, 15) is 19.7 Å². The summed E-state index contributed by atoms with van der Waals surface area (Å²) in [5.74, 6) is 0.394. The smallest absolute Gasteiger partial charge is 0.407 e. The third-order valence-corrected chi connectivity index (χ3v) is 4.49. The van der Waals surface area contributed by atoms with Crippen LogP contribution in [0.15, 0.2) is 12.1 Å². The van der Waals surface area contributed by atoms with Crippen LogP contribution in [0.4, 0.5) is 10.5 Å². The van der Waals surface area contributed by atoms with Gasteiger partial charge in [-0.2, -0.15) is 0 Å². The Balaban J connectivity index is 2.83. The number of carbonyl (C=O) groups is 2. The van der Waals surface area contributed by atoms with Crippen LogP contribution in [-0.2, 0) is 9.53 Å². The van der Waals surface area contributed by atoms with Gasteiger partial charge in [0.25, 0.3) is 5.69 Å². The molecule has 1 rings (SSSR count). The Hall–Kier alpha value is -3.04. The number of nitro benzene ring substituents is 1. The van der Waals surface area contributed by atoms with Crippen LogP contribution in [0.5, 0.6) is 11.5 Å². The van der Waals surface area contributed by atoms with E-state index in [1.807, 2.05) is 6.92 Å². The van der Waals surface area contributed by atoms with Gasteiger partial charge in [0, 0.05) is 19.0 Å². The predicted octanol–water partition coefficient (Wildman–Crippen LogP) is 3.87. The van der Waals surface area contributed by atoms with Crippen LogP contribution in [0, 0.1) is 10.1 Å². The molecule has 2 unspecified atom stereocenters. The van der Waals surface area contributed by atoms with E-state index >= 15 is 0 Å². The molecular formula is C21H33N3O7. The summed E-state index contributed by atoms with van der Waals surface area (Å²) >= 11 is 0. The minimum absolute atomic E-state index is 0.0610. The van der Waals surface area contributed by atoms with E-state index in [1.54, 1.807) is 6.92 Å². The van der Waals surface area contributed by atoms with E-state index in [-0.39, 0.29) is 47.7 Å². The molecule has 0 bridgehead atoms. The first-order valence-electron chi connectivity index (χ1n) is 10.5. The number of benzene rings is 1. The van der Waals surface area contributed by atoms with Crippen molar-refractivity contribution in [3.63, 3.8) is 0 Å². The summed E-state index contributed by atoms with van der Waals surface area (Å²) < 4.78 is 16.1. The zero-order valence-electron chi connectivity index (χ0n) is 18.9. The van der Waals surface area contributed by atoms with Gasteiger partial charge in [-0.25, -0.2) is 4.79 Å². The molecule has 0 aliphatic carbocycles. The fraction of sp³-hybridized carbons (Fsp3) is 0.619. The average Bonchev–Trinajstić information content (AvgIpc) is 2.70. The van der Waals surface area contributed by atoms with Gasteiger partial charge in [-0.1, -0.05) is 13.3 Å². The number of methoxy groups -OCH3 is 1. The number of nitrogens with one attached hydrogen (secondary N) is 2. The number of rotatable bonds is 13. The highest BCUT2D eigenvalue weighted by atomic mass is 16.6. The van der Waals surface area contributed by atoms with E-state index in [4.69, 9.17) is 14.2 Å². The molecule has 0 saturated carbocycles. The van der Waals surface area contributed by atoms with Crippen molar-refractivity contribution in [2.75, 3.05) is 20.3 Å². The van der Waals surface area contributed by atoms with Crippen molar-refractivity contribution in [2.45, 2.75) is 65.5 Å². The zero-order valence-corrected chi connectivity index (χ0v) is 18.9. The Labute approximate surface area is 182 Å². The first kappa shape index (κ1) is 26.0. The molecule has 0 aliphatic rings. The molecular weight excluding hydrogens is 406 g/mol. The van der Waals surface area contributed by atoms with E-state index in [2.05, 4.69) is 17.6 Å². The third-order valence-electron chi connectivity index (χ3n) is 4.49. The second-order valence-corrected chi connectivity index (χ2v) is 7.11. The summed E-state index contributed by atoms with van der Waals surface area (Å²) in [4.78, 5) is 34.6. The summed E-state index contributed by atoms with van der Waals surface area (Å²) in [6.07, 6.45) is 1.09. The van der Waals surface area contributed by atoms with Crippen molar-refractivity contribution >= 4 is 17.7 Å². The van der Waals surface area contributed by atoms with Crippen LogP contribution >= 0.6 is 0 Å². The molecule has 31 heavy (non-hydrogen) atoms. The van der Waals surface area contributed by atoms with Crippen molar-refractivity contribution in [3.05, 3.63) is 27.8 Å². The second-order valence-electron chi connectivity index (χ2n) is 7.11. The Bertz CT molecular complexity index is 755. The molecule has 1 aromatic carbocycles. The second kappa shape index (κ2) is 13.3. The van der Waals surface area contributed by atoms with Crippen LogP contribution in [0.2, 0.25) is 0 Å². The summed E-state index contributed by atoms with van der Waals surface area (Å²) in [6.45, 7) is 7.85. The largest absolute Gasteiger partial charge is 0.493 e. The Morgan fingerprint density at radius 2 is 1.90 bits per heavy atom. The molecule has 2 N–H and O–H groups in total. The van der Waals surface area contributed by atoms with Gasteiger partial charge in [0.05, 0.1) is 30.3 Å². The highest BCUT2D eigenvalue weighted by molar-refractivity contribution is 5.76. The lowest BCUT2D eigenvalue weighted by molar-refractivity contribution is -0.386. The first-order chi connectivity index (χ1) is 14.7. The molecule has 0 saturated heterocycles. The minimum atomic E-state index is -0.872. The van der Waals surface area contributed by atoms with Gasteiger partial charge in [0.2, 0.25) is 5.91 Å². The molecule has 174 valence electrons. The van der Waals surface area contributed by atoms with Gasteiger partial charge in [-0.05, 0) is 39.7 Å². The lowest BCUT2D eigenvalue weighted by Crippen LogP contribution is -2.32. The molecule has 10 heteroatoms. The fourth-order valence-corrected chi connectivity index (χ4v) is 3.00. The van der Waals surface area contributed by atoms with Crippen LogP contribution in [0.1, 0.15) is 65.0 Å². The SMILES string of the molecule is CCCC(C)NC(=O)CCCOc1cc([N+](=O)[O-])c(C(C)OC(=O)NCC)cc1OC. The van der Waals surface area contributed by atoms with Crippen molar-refractivity contribution < 1.29 is 28.7 Å². The quantitative estimate of drug-likeness (QED) is 0.271. The molecule has 1 aromatic rings. The lowest BCUT2D eigenvalue weighted by atomic mass is 10.1. The summed E-state index contributed by atoms with van der Waals surface area (Å²) in [5, 5.41) is 17.0. The number of hydrogen-bond donors (Lipinski definition) is 2. The predicted molar refractivity (Wildman–Crippen MR) is 115 cm³/mol. The molecule has 10 nitrogen and oxygen atoms in total. The normalized spacial score (nSPS) is 12.4.